The average molecular weight is 282 g/mol. The largest absolute Gasteiger partial charge is 0.493 e. The van der Waals surface area contributed by atoms with Crippen molar-refractivity contribution in [3.63, 3.8) is 0 Å². The van der Waals surface area contributed by atoms with E-state index in [1.807, 2.05) is 19.1 Å². The molecule has 2 aromatic rings. The summed E-state index contributed by atoms with van der Waals surface area (Å²) in [5.74, 6) is 2.97. The lowest BCUT2D eigenvalue weighted by Crippen LogP contribution is -2.00. The van der Waals surface area contributed by atoms with Crippen molar-refractivity contribution in [1.82, 2.24) is 0 Å². The first-order valence-corrected chi connectivity index (χ1v) is 6.22. The molecule has 0 saturated carbocycles. The van der Waals surface area contributed by atoms with E-state index >= 15 is 0 Å². The van der Waals surface area contributed by atoms with Gasteiger partial charge in [-0.15, -0.1) is 0 Å². The number of furan rings is 1. The summed E-state index contributed by atoms with van der Waals surface area (Å²) >= 11 is 6.18. The standard InChI is InChI=1S/C14H16ClNO3/c1-9-4-5-10(19-9)8-16-12-7-14(18-3)13(17-2)6-11(12)15/h4-7,16H,8H2,1-3H3. The number of hydrogen-bond acceptors (Lipinski definition) is 4. The van der Waals surface area contributed by atoms with Crippen molar-refractivity contribution >= 4 is 17.3 Å². The maximum absolute atomic E-state index is 6.18. The maximum Gasteiger partial charge on any atom is 0.162 e. The molecule has 2 rings (SSSR count). The number of ether oxygens (including phenoxy) is 2. The van der Waals surface area contributed by atoms with Crippen LogP contribution in [0.1, 0.15) is 11.5 Å². The predicted octanol–water partition coefficient (Wildman–Crippen LogP) is 3.87. The number of benzene rings is 1. The zero-order valence-electron chi connectivity index (χ0n) is 11.1. The molecule has 1 heterocycles. The summed E-state index contributed by atoms with van der Waals surface area (Å²) in [4.78, 5) is 0. The Morgan fingerprint density at radius 1 is 1.16 bits per heavy atom. The molecule has 19 heavy (non-hydrogen) atoms. The number of nitrogens with one attached hydrogen (secondary N) is 1. The first-order chi connectivity index (χ1) is 9.13. The fraction of sp³-hybridized carbons (Fsp3) is 0.286. The van der Waals surface area contributed by atoms with Crippen LogP contribution in [0.4, 0.5) is 5.69 Å². The average Bonchev–Trinajstić information content (AvgIpc) is 2.82. The molecule has 0 atom stereocenters. The lowest BCUT2D eigenvalue weighted by atomic mass is 10.2. The number of aryl methyl sites for hydroxylation is 1. The molecule has 1 N–H and O–H groups in total. The fourth-order valence-corrected chi connectivity index (χ4v) is 1.97. The van der Waals surface area contributed by atoms with Crippen LogP contribution in [0.15, 0.2) is 28.7 Å². The first-order valence-electron chi connectivity index (χ1n) is 5.84. The monoisotopic (exact) mass is 281 g/mol. The van der Waals surface area contributed by atoms with Gasteiger partial charge in [0.05, 0.1) is 31.5 Å². The minimum atomic E-state index is 0.559. The van der Waals surface area contributed by atoms with Crippen LogP contribution < -0.4 is 14.8 Å². The Kier molecular flexibility index (Phi) is 4.22. The van der Waals surface area contributed by atoms with Crippen molar-refractivity contribution in [2.45, 2.75) is 13.5 Å². The molecular weight excluding hydrogens is 266 g/mol. The van der Waals surface area contributed by atoms with Crippen LogP contribution in [0, 0.1) is 6.92 Å². The first kappa shape index (κ1) is 13.6. The highest BCUT2D eigenvalue weighted by Gasteiger charge is 2.10. The summed E-state index contributed by atoms with van der Waals surface area (Å²) in [5, 5.41) is 3.78. The molecule has 1 aromatic heterocycles. The zero-order valence-corrected chi connectivity index (χ0v) is 11.9. The van der Waals surface area contributed by atoms with Gasteiger partial charge >= 0.3 is 0 Å². The van der Waals surface area contributed by atoms with Crippen LogP contribution >= 0.6 is 11.6 Å². The number of hydrogen-bond donors (Lipinski definition) is 1. The van der Waals surface area contributed by atoms with Gasteiger partial charge in [-0.1, -0.05) is 11.6 Å². The Bertz CT molecular complexity index is 566. The van der Waals surface area contributed by atoms with Gasteiger partial charge in [-0.05, 0) is 19.1 Å². The summed E-state index contributed by atoms with van der Waals surface area (Å²) in [6, 6.07) is 7.37. The SMILES string of the molecule is COc1cc(Cl)c(NCc2ccc(C)o2)cc1OC. The van der Waals surface area contributed by atoms with Gasteiger partial charge in [-0.25, -0.2) is 0 Å². The van der Waals surface area contributed by atoms with E-state index in [4.69, 9.17) is 25.5 Å². The second kappa shape index (κ2) is 5.89. The topological polar surface area (TPSA) is 43.6 Å². The minimum absolute atomic E-state index is 0.559. The summed E-state index contributed by atoms with van der Waals surface area (Å²) in [6.45, 7) is 2.47. The predicted molar refractivity (Wildman–Crippen MR) is 75.3 cm³/mol. The Balaban J connectivity index is 2.15. The van der Waals surface area contributed by atoms with Crippen molar-refractivity contribution in [2.24, 2.45) is 0 Å². The second-order valence-corrected chi connectivity index (χ2v) is 4.46. The molecule has 0 unspecified atom stereocenters. The lowest BCUT2D eigenvalue weighted by molar-refractivity contribution is 0.355. The quantitative estimate of drug-likeness (QED) is 0.903. The molecule has 0 bridgehead atoms. The van der Waals surface area contributed by atoms with Gasteiger partial charge in [-0.2, -0.15) is 0 Å². The Morgan fingerprint density at radius 3 is 2.42 bits per heavy atom. The summed E-state index contributed by atoms with van der Waals surface area (Å²) in [6.07, 6.45) is 0. The van der Waals surface area contributed by atoms with Crippen LogP contribution in [0.5, 0.6) is 11.5 Å². The summed E-state index contributed by atoms with van der Waals surface area (Å²) in [7, 11) is 3.17. The molecule has 102 valence electrons. The van der Waals surface area contributed by atoms with Crippen molar-refractivity contribution in [3.05, 3.63) is 40.8 Å². The van der Waals surface area contributed by atoms with E-state index < -0.39 is 0 Å². The number of rotatable bonds is 5. The Hall–Kier alpha value is -1.81. The van der Waals surface area contributed by atoms with E-state index in [1.165, 1.54) is 0 Å². The van der Waals surface area contributed by atoms with Crippen LogP contribution in [-0.2, 0) is 6.54 Å². The summed E-state index contributed by atoms with van der Waals surface area (Å²) < 4.78 is 15.9. The third-order valence-corrected chi connectivity index (χ3v) is 3.04. The smallest absolute Gasteiger partial charge is 0.162 e. The Labute approximate surface area is 117 Å². The van der Waals surface area contributed by atoms with E-state index in [2.05, 4.69) is 5.32 Å². The van der Waals surface area contributed by atoms with Gasteiger partial charge in [0, 0.05) is 12.1 Å². The van der Waals surface area contributed by atoms with Gasteiger partial charge in [0.25, 0.3) is 0 Å². The van der Waals surface area contributed by atoms with E-state index in [9.17, 15) is 0 Å². The molecule has 0 aliphatic heterocycles. The fourth-order valence-electron chi connectivity index (χ4n) is 1.75. The van der Waals surface area contributed by atoms with E-state index in [0.29, 0.717) is 23.1 Å². The number of methoxy groups -OCH3 is 2. The van der Waals surface area contributed by atoms with Crippen molar-refractivity contribution in [3.8, 4) is 11.5 Å². The molecule has 1 aromatic carbocycles. The maximum atomic E-state index is 6.18. The van der Waals surface area contributed by atoms with E-state index in [-0.39, 0.29) is 0 Å². The molecule has 0 spiro atoms. The lowest BCUT2D eigenvalue weighted by Gasteiger charge is -2.12. The molecule has 5 heteroatoms. The zero-order chi connectivity index (χ0) is 13.8. The third-order valence-electron chi connectivity index (χ3n) is 2.72. The highest BCUT2D eigenvalue weighted by atomic mass is 35.5. The summed E-state index contributed by atoms with van der Waals surface area (Å²) in [5.41, 5.74) is 0.772. The molecule has 0 aliphatic rings. The van der Waals surface area contributed by atoms with Crippen molar-refractivity contribution in [1.29, 1.82) is 0 Å². The number of halogens is 1. The molecule has 0 fully saturated rings. The highest BCUT2D eigenvalue weighted by molar-refractivity contribution is 6.33. The van der Waals surface area contributed by atoms with Gasteiger partial charge < -0.3 is 19.2 Å². The molecular formula is C14H16ClNO3. The van der Waals surface area contributed by atoms with E-state index in [1.54, 1.807) is 26.4 Å². The van der Waals surface area contributed by atoms with Crippen LogP contribution in [-0.4, -0.2) is 14.2 Å². The van der Waals surface area contributed by atoms with Gasteiger partial charge in [0.2, 0.25) is 0 Å². The van der Waals surface area contributed by atoms with Crippen molar-refractivity contribution < 1.29 is 13.9 Å². The minimum Gasteiger partial charge on any atom is -0.493 e. The van der Waals surface area contributed by atoms with Crippen LogP contribution in [0.25, 0.3) is 0 Å². The van der Waals surface area contributed by atoms with Gasteiger partial charge in [0.15, 0.2) is 11.5 Å². The highest BCUT2D eigenvalue weighted by Crippen LogP contribution is 2.36. The molecule has 0 amide bonds. The molecule has 4 nitrogen and oxygen atoms in total. The third kappa shape index (κ3) is 3.15. The van der Waals surface area contributed by atoms with Crippen LogP contribution in [0.2, 0.25) is 5.02 Å². The van der Waals surface area contributed by atoms with Crippen LogP contribution in [0.3, 0.4) is 0 Å². The molecule has 0 saturated heterocycles. The van der Waals surface area contributed by atoms with Crippen molar-refractivity contribution in [2.75, 3.05) is 19.5 Å². The normalized spacial score (nSPS) is 10.3. The van der Waals surface area contributed by atoms with Gasteiger partial charge in [-0.3, -0.25) is 0 Å². The number of anilines is 1. The second-order valence-electron chi connectivity index (χ2n) is 4.05. The molecule has 0 radical (unpaired) electrons. The Morgan fingerprint density at radius 2 is 1.84 bits per heavy atom. The molecule has 0 aliphatic carbocycles. The van der Waals surface area contributed by atoms with Gasteiger partial charge in [0.1, 0.15) is 11.5 Å². The van der Waals surface area contributed by atoms with E-state index in [0.717, 1.165) is 17.2 Å².